The van der Waals surface area contributed by atoms with Crippen molar-refractivity contribution < 1.29 is 26.3 Å². The first-order valence-corrected chi connectivity index (χ1v) is 6.10. The van der Waals surface area contributed by atoms with Crippen LogP contribution in [0.1, 0.15) is 16.8 Å². The van der Waals surface area contributed by atoms with E-state index in [0.29, 0.717) is 0 Å². The molecule has 0 fully saturated rings. The summed E-state index contributed by atoms with van der Waals surface area (Å²) in [5.41, 5.74) is -1.66. The second-order valence-corrected chi connectivity index (χ2v) is 4.42. The Labute approximate surface area is 133 Å². The zero-order valence-electron chi connectivity index (χ0n) is 11.4. The minimum atomic E-state index is -4.54. The van der Waals surface area contributed by atoms with Crippen LogP contribution in [-0.4, -0.2) is 4.98 Å². The van der Waals surface area contributed by atoms with E-state index in [1.54, 1.807) is 0 Å². The fraction of sp³-hybridized carbons (Fsp3) is 0.214. The van der Waals surface area contributed by atoms with Crippen LogP contribution in [0.5, 0.6) is 0 Å². The molecule has 0 bridgehead atoms. The lowest BCUT2D eigenvalue weighted by Crippen LogP contribution is -2.13. The van der Waals surface area contributed by atoms with Crippen molar-refractivity contribution >= 4 is 18.1 Å². The van der Waals surface area contributed by atoms with Gasteiger partial charge in [0.05, 0.1) is 23.4 Å². The molecule has 1 N–H and O–H groups in total. The Morgan fingerprint density at radius 1 is 0.870 bits per heavy atom. The molecule has 23 heavy (non-hydrogen) atoms. The van der Waals surface area contributed by atoms with Crippen LogP contribution >= 0.6 is 12.4 Å². The van der Waals surface area contributed by atoms with E-state index >= 15 is 0 Å². The number of aromatic nitrogens is 1. The Bertz CT molecular complexity index is 637. The van der Waals surface area contributed by atoms with Gasteiger partial charge in [-0.3, -0.25) is 4.98 Å². The minimum absolute atomic E-state index is 0. The zero-order valence-corrected chi connectivity index (χ0v) is 12.2. The average Bonchev–Trinajstić information content (AvgIpc) is 2.44. The molecule has 9 heteroatoms. The predicted molar refractivity (Wildman–Crippen MR) is 75.3 cm³/mol. The number of rotatable bonds is 3. The Hall–Kier alpha value is -1.96. The molecule has 0 aliphatic rings. The van der Waals surface area contributed by atoms with Gasteiger partial charge in [-0.05, 0) is 36.4 Å². The highest BCUT2D eigenvalue weighted by atomic mass is 35.5. The summed E-state index contributed by atoms with van der Waals surface area (Å²) >= 11 is 0. The highest BCUT2D eigenvalue weighted by molar-refractivity contribution is 5.85. The summed E-state index contributed by atoms with van der Waals surface area (Å²) in [7, 11) is 0. The van der Waals surface area contributed by atoms with Gasteiger partial charge in [-0.1, -0.05) is 0 Å². The summed E-state index contributed by atoms with van der Waals surface area (Å²) in [5.74, 6) is 0. The quantitative estimate of drug-likeness (QED) is 0.769. The predicted octanol–water partition coefficient (Wildman–Crippen LogP) is 5.15. The molecule has 1 aromatic carbocycles. The molecular formula is C14H11ClF6N2. The molecule has 1 aromatic heterocycles. The van der Waals surface area contributed by atoms with Gasteiger partial charge >= 0.3 is 12.4 Å². The van der Waals surface area contributed by atoms with Gasteiger partial charge in [-0.2, -0.15) is 26.3 Å². The lowest BCUT2D eigenvalue weighted by Gasteiger charge is -2.13. The van der Waals surface area contributed by atoms with E-state index in [1.807, 2.05) is 0 Å². The van der Waals surface area contributed by atoms with Crippen molar-refractivity contribution in [1.82, 2.24) is 4.98 Å². The molecule has 0 aliphatic heterocycles. The van der Waals surface area contributed by atoms with Crippen LogP contribution in [0.15, 0.2) is 42.6 Å². The first-order chi connectivity index (χ1) is 10.2. The van der Waals surface area contributed by atoms with Gasteiger partial charge in [0.25, 0.3) is 0 Å². The van der Waals surface area contributed by atoms with Crippen molar-refractivity contribution in [2.45, 2.75) is 18.9 Å². The molecular weight excluding hydrogens is 346 g/mol. The summed E-state index contributed by atoms with van der Waals surface area (Å²) in [4.78, 5) is 3.65. The van der Waals surface area contributed by atoms with Crippen LogP contribution in [0.2, 0.25) is 0 Å². The van der Waals surface area contributed by atoms with Gasteiger partial charge in [-0.15, -0.1) is 12.4 Å². The van der Waals surface area contributed by atoms with Gasteiger partial charge in [0.1, 0.15) is 0 Å². The monoisotopic (exact) mass is 356 g/mol. The third-order valence-corrected chi connectivity index (χ3v) is 2.87. The van der Waals surface area contributed by atoms with Crippen molar-refractivity contribution in [3.8, 4) is 0 Å². The maximum atomic E-state index is 12.8. The molecule has 0 aliphatic carbocycles. The van der Waals surface area contributed by atoms with Crippen LogP contribution in [-0.2, 0) is 18.9 Å². The Balaban J connectivity index is 0.00000264. The fourth-order valence-corrected chi connectivity index (χ4v) is 1.80. The Kier molecular flexibility index (Phi) is 5.87. The highest BCUT2D eigenvalue weighted by Gasteiger charge is 2.33. The second kappa shape index (κ2) is 7.08. The lowest BCUT2D eigenvalue weighted by atomic mass is 10.1. The molecule has 2 aromatic rings. The van der Waals surface area contributed by atoms with Gasteiger partial charge in [0, 0.05) is 11.9 Å². The third kappa shape index (κ3) is 5.02. The maximum Gasteiger partial charge on any atom is 0.418 e. The number of benzene rings is 1. The number of anilines is 1. The molecule has 2 nitrogen and oxygen atoms in total. The zero-order chi connectivity index (χ0) is 16.4. The number of halogens is 7. The number of hydrogen-bond acceptors (Lipinski definition) is 2. The molecule has 2 rings (SSSR count). The van der Waals surface area contributed by atoms with E-state index < -0.39 is 23.5 Å². The Morgan fingerprint density at radius 3 is 2.00 bits per heavy atom. The van der Waals surface area contributed by atoms with Crippen LogP contribution in [0.4, 0.5) is 32.0 Å². The summed E-state index contributed by atoms with van der Waals surface area (Å²) in [6.07, 6.45) is -7.77. The third-order valence-electron chi connectivity index (χ3n) is 2.87. The highest BCUT2D eigenvalue weighted by Crippen LogP contribution is 2.32. The van der Waals surface area contributed by atoms with Gasteiger partial charge in [-0.25, -0.2) is 0 Å². The largest absolute Gasteiger partial charge is 0.418 e. The van der Waals surface area contributed by atoms with E-state index in [0.717, 1.165) is 30.3 Å². The number of alkyl halides is 6. The topological polar surface area (TPSA) is 24.9 Å². The summed E-state index contributed by atoms with van der Waals surface area (Å²) in [5, 5.41) is 2.62. The smallest absolute Gasteiger partial charge is 0.379 e. The van der Waals surface area contributed by atoms with E-state index in [2.05, 4.69) is 10.3 Å². The molecule has 126 valence electrons. The Morgan fingerprint density at radius 2 is 1.48 bits per heavy atom. The SMILES string of the molecule is Cl.FC(F)(F)c1ccc(NCc2ncccc2C(F)(F)F)cc1. The molecule has 0 unspecified atom stereocenters. The minimum Gasteiger partial charge on any atom is -0.379 e. The average molecular weight is 357 g/mol. The number of pyridine rings is 1. The van der Waals surface area contributed by atoms with Gasteiger partial charge in [0.15, 0.2) is 0 Å². The fourth-order valence-electron chi connectivity index (χ4n) is 1.80. The first-order valence-electron chi connectivity index (χ1n) is 6.10. The standard InChI is InChI=1S/C14H10F6N2.ClH/c15-13(16,17)9-3-5-10(6-4-9)22-8-12-11(14(18,19)20)2-1-7-21-12;/h1-7,22H,8H2;1H. The van der Waals surface area contributed by atoms with E-state index in [4.69, 9.17) is 0 Å². The van der Waals surface area contributed by atoms with Gasteiger partial charge < -0.3 is 5.32 Å². The number of nitrogens with zero attached hydrogens (tertiary/aromatic N) is 1. The van der Waals surface area contributed by atoms with Crippen LogP contribution in [0.25, 0.3) is 0 Å². The molecule has 0 atom stereocenters. The molecule has 1 heterocycles. The summed E-state index contributed by atoms with van der Waals surface area (Å²) < 4.78 is 75.5. The molecule has 0 amide bonds. The molecule has 0 spiro atoms. The molecule has 0 saturated heterocycles. The number of nitrogens with one attached hydrogen (secondary N) is 1. The van der Waals surface area contributed by atoms with E-state index in [-0.39, 0.29) is 30.3 Å². The van der Waals surface area contributed by atoms with Crippen molar-refractivity contribution in [3.05, 3.63) is 59.4 Å². The maximum absolute atomic E-state index is 12.8. The van der Waals surface area contributed by atoms with E-state index in [9.17, 15) is 26.3 Å². The summed E-state index contributed by atoms with van der Waals surface area (Å²) in [6, 6.07) is 6.08. The van der Waals surface area contributed by atoms with Crippen molar-refractivity contribution in [1.29, 1.82) is 0 Å². The van der Waals surface area contributed by atoms with Crippen LogP contribution < -0.4 is 5.32 Å². The molecule has 0 radical (unpaired) electrons. The number of hydrogen-bond donors (Lipinski definition) is 1. The molecule has 0 saturated carbocycles. The van der Waals surface area contributed by atoms with Crippen LogP contribution in [0, 0.1) is 0 Å². The van der Waals surface area contributed by atoms with Crippen molar-refractivity contribution in [2.24, 2.45) is 0 Å². The normalized spacial score (nSPS) is 11.7. The van der Waals surface area contributed by atoms with Gasteiger partial charge in [0.2, 0.25) is 0 Å². The van der Waals surface area contributed by atoms with Crippen LogP contribution in [0.3, 0.4) is 0 Å². The summed E-state index contributed by atoms with van der Waals surface area (Å²) in [6.45, 7) is -0.249. The second-order valence-electron chi connectivity index (χ2n) is 4.42. The van der Waals surface area contributed by atoms with E-state index in [1.165, 1.54) is 12.3 Å². The van der Waals surface area contributed by atoms with Crippen molar-refractivity contribution in [3.63, 3.8) is 0 Å². The first kappa shape index (κ1) is 19.1. The van der Waals surface area contributed by atoms with Crippen molar-refractivity contribution in [2.75, 3.05) is 5.32 Å². The lowest BCUT2D eigenvalue weighted by molar-refractivity contribution is -0.139.